The van der Waals surface area contributed by atoms with E-state index in [-0.39, 0.29) is 17.9 Å². The number of alkyl halides is 3. The highest BCUT2D eigenvalue weighted by Crippen LogP contribution is 2.32. The van der Waals surface area contributed by atoms with Crippen molar-refractivity contribution in [1.29, 1.82) is 0 Å². The first kappa shape index (κ1) is 23.4. The highest BCUT2D eigenvalue weighted by Gasteiger charge is 2.33. The summed E-state index contributed by atoms with van der Waals surface area (Å²) >= 11 is 0. The third-order valence-corrected chi connectivity index (χ3v) is 4.46. The highest BCUT2D eigenvalue weighted by atomic mass is 19.4. The van der Waals surface area contributed by atoms with E-state index in [9.17, 15) is 18.0 Å². The number of halogens is 3. The van der Waals surface area contributed by atoms with Gasteiger partial charge in [-0.2, -0.15) is 18.7 Å². The molecule has 0 aliphatic rings. The number of carbonyl (C=O) groups excluding carboxylic acids is 1. The van der Waals surface area contributed by atoms with Gasteiger partial charge in [-0.15, -0.1) is 0 Å². The maximum atomic E-state index is 13.2. The Morgan fingerprint density at radius 3 is 2.47 bits per heavy atom. The van der Waals surface area contributed by atoms with E-state index in [1.165, 1.54) is 39.3 Å². The zero-order valence-corrected chi connectivity index (χ0v) is 17.0. The molecule has 9 heteroatoms. The van der Waals surface area contributed by atoms with Gasteiger partial charge < -0.3 is 14.4 Å². The fourth-order valence-corrected chi connectivity index (χ4v) is 2.96. The summed E-state index contributed by atoms with van der Waals surface area (Å²) in [5.74, 6) is -0.567. The van der Waals surface area contributed by atoms with Gasteiger partial charge in [0, 0.05) is 11.1 Å². The van der Waals surface area contributed by atoms with Crippen molar-refractivity contribution in [2.45, 2.75) is 32.7 Å². The van der Waals surface area contributed by atoms with Crippen molar-refractivity contribution in [2.75, 3.05) is 14.2 Å². The van der Waals surface area contributed by atoms with Gasteiger partial charge in [0.2, 0.25) is 0 Å². The largest absolute Gasteiger partial charge is 0.468 e. The minimum Gasteiger partial charge on any atom is -0.468 e. The number of hydrogen-bond donors (Lipinski definition) is 1. The zero-order chi connectivity index (χ0) is 22.3. The SMILES string of the molecule is CONC(C(=O)OC)c1cccc(C)c1CO/N=C(\C)c1ccccc1C(F)(F)F. The summed E-state index contributed by atoms with van der Waals surface area (Å²) in [6.45, 7) is 3.19. The fraction of sp³-hybridized carbons (Fsp3) is 0.333. The van der Waals surface area contributed by atoms with Gasteiger partial charge in [0.25, 0.3) is 0 Å². The number of nitrogens with zero attached hydrogens (tertiary/aromatic N) is 1. The topological polar surface area (TPSA) is 69.2 Å². The molecule has 1 atom stereocenters. The van der Waals surface area contributed by atoms with Crippen molar-refractivity contribution < 1.29 is 32.4 Å². The lowest BCUT2D eigenvalue weighted by atomic mass is 9.97. The first-order chi connectivity index (χ1) is 14.2. The van der Waals surface area contributed by atoms with Crippen LogP contribution in [0.3, 0.4) is 0 Å². The molecule has 0 saturated carbocycles. The highest BCUT2D eigenvalue weighted by molar-refractivity contribution is 5.99. The molecule has 6 nitrogen and oxygen atoms in total. The molecular weight excluding hydrogens is 401 g/mol. The molecule has 2 aromatic carbocycles. The van der Waals surface area contributed by atoms with Gasteiger partial charge in [-0.3, -0.25) is 0 Å². The van der Waals surface area contributed by atoms with Crippen LogP contribution in [0, 0.1) is 6.92 Å². The Labute approximate surface area is 172 Å². The van der Waals surface area contributed by atoms with Crippen molar-refractivity contribution in [1.82, 2.24) is 5.48 Å². The lowest BCUT2D eigenvalue weighted by Crippen LogP contribution is -2.30. The molecule has 2 rings (SSSR count). The number of ether oxygens (including phenoxy) is 1. The number of carbonyl (C=O) groups is 1. The molecule has 0 saturated heterocycles. The van der Waals surface area contributed by atoms with E-state index < -0.39 is 23.8 Å². The van der Waals surface area contributed by atoms with Crippen LogP contribution in [0.5, 0.6) is 0 Å². The molecule has 2 aromatic rings. The molecular formula is C21H23F3N2O4. The second-order valence-corrected chi connectivity index (χ2v) is 6.41. The Kier molecular flexibility index (Phi) is 7.96. The molecule has 0 amide bonds. The van der Waals surface area contributed by atoms with Crippen molar-refractivity contribution in [3.05, 3.63) is 70.3 Å². The monoisotopic (exact) mass is 424 g/mol. The van der Waals surface area contributed by atoms with Crippen molar-refractivity contribution in [2.24, 2.45) is 5.16 Å². The number of oxime groups is 1. The van der Waals surface area contributed by atoms with Gasteiger partial charge in [0.05, 0.1) is 25.5 Å². The molecule has 0 radical (unpaired) electrons. The first-order valence-electron chi connectivity index (χ1n) is 8.98. The number of hydrogen-bond acceptors (Lipinski definition) is 6. The van der Waals surface area contributed by atoms with Gasteiger partial charge in [-0.05, 0) is 31.0 Å². The van der Waals surface area contributed by atoms with Crippen molar-refractivity contribution in [3.63, 3.8) is 0 Å². The van der Waals surface area contributed by atoms with E-state index in [2.05, 4.69) is 10.6 Å². The van der Waals surface area contributed by atoms with E-state index >= 15 is 0 Å². The third-order valence-electron chi connectivity index (χ3n) is 4.46. The molecule has 0 aromatic heterocycles. The van der Waals surface area contributed by atoms with Crippen LogP contribution in [0.1, 0.15) is 40.8 Å². The molecule has 30 heavy (non-hydrogen) atoms. The Hall–Kier alpha value is -2.91. The molecule has 0 aliphatic heterocycles. The fourth-order valence-electron chi connectivity index (χ4n) is 2.96. The van der Waals surface area contributed by atoms with E-state index in [4.69, 9.17) is 14.4 Å². The summed E-state index contributed by atoms with van der Waals surface area (Å²) in [6.07, 6.45) is -4.50. The van der Waals surface area contributed by atoms with Crippen molar-refractivity contribution in [3.8, 4) is 0 Å². The van der Waals surface area contributed by atoms with Crippen LogP contribution in [0.15, 0.2) is 47.6 Å². The summed E-state index contributed by atoms with van der Waals surface area (Å²) in [4.78, 5) is 22.4. The number of nitrogens with one attached hydrogen (secondary N) is 1. The molecule has 0 spiro atoms. The summed E-state index contributed by atoms with van der Waals surface area (Å²) in [7, 11) is 2.62. The lowest BCUT2D eigenvalue weighted by molar-refractivity contribution is -0.147. The number of benzene rings is 2. The second-order valence-electron chi connectivity index (χ2n) is 6.41. The Morgan fingerprint density at radius 2 is 1.83 bits per heavy atom. The molecule has 1 N–H and O–H groups in total. The minimum atomic E-state index is -4.50. The quantitative estimate of drug-likeness (QED) is 0.388. The van der Waals surface area contributed by atoms with Gasteiger partial charge in [-0.25, -0.2) is 4.79 Å². The van der Waals surface area contributed by atoms with E-state index in [1.807, 2.05) is 13.0 Å². The van der Waals surface area contributed by atoms with E-state index in [0.29, 0.717) is 11.1 Å². The van der Waals surface area contributed by atoms with Crippen LogP contribution in [0.2, 0.25) is 0 Å². The lowest BCUT2D eigenvalue weighted by Gasteiger charge is -2.19. The maximum Gasteiger partial charge on any atom is 0.417 e. The van der Waals surface area contributed by atoms with Crippen LogP contribution in [0.4, 0.5) is 13.2 Å². The van der Waals surface area contributed by atoms with Crippen LogP contribution in [-0.4, -0.2) is 25.9 Å². The average Bonchev–Trinajstić information content (AvgIpc) is 2.72. The summed E-state index contributed by atoms with van der Waals surface area (Å²) in [5.41, 5.74) is 3.79. The molecule has 1 unspecified atom stereocenters. The standard InChI is InChI=1S/C21H23F3N2O4/c1-13-8-7-10-16(19(26-29-4)20(27)28-3)17(13)12-30-25-14(2)15-9-5-6-11-18(15)21(22,23)24/h5-11,19,26H,12H2,1-4H3/b25-14+. The number of methoxy groups -OCH3 is 1. The smallest absolute Gasteiger partial charge is 0.417 e. The van der Waals surface area contributed by atoms with Crippen LogP contribution < -0.4 is 5.48 Å². The predicted octanol–water partition coefficient (Wildman–Crippen LogP) is 4.32. The minimum absolute atomic E-state index is 0.0631. The number of aryl methyl sites for hydroxylation is 1. The number of rotatable bonds is 8. The van der Waals surface area contributed by atoms with Crippen LogP contribution >= 0.6 is 0 Å². The normalized spacial score (nSPS) is 13.1. The number of esters is 1. The zero-order valence-electron chi connectivity index (χ0n) is 17.0. The van der Waals surface area contributed by atoms with Crippen LogP contribution in [0.25, 0.3) is 0 Å². The van der Waals surface area contributed by atoms with Gasteiger partial charge in [-0.1, -0.05) is 41.6 Å². The molecule has 0 aliphatic carbocycles. The number of hydroxylamine groups is 1. The van der Waals surface area contributed by atoms with Crippen LogP contribution in [-0.2, 0) is 32.0 Å². The van der Waals surface area contributed by atoms with Gasteiger partial charge in [0.15, 0.2) is 6.04 Å². The van der Waals surface area contributed by atoms with E-state index in [0.717, 1.165) is 11.6 Å². The summed E-state index contributed by atoms with van der Waals surface area (Å²) < 4.78 is 44.4. The van der Waals surface area contributed by atoms with E-state index in [1.54, 1.807) is 12.1 Å². The Balaban J connectivity index is 2.30. The molecule has 0 bridgehead atoms. The Bertz CT molecular complexity index is 913. The Morgan fingerprint density at radius 1 is 1.13 bits per heavy atom. The predicted molar refractivity (Wildman–Crippen MR) is 105 cm³/mol. The molecule has 162 valence electrons. The van der Waals surface area contributed by atoms with Gasteiger partial charge >= 0.3 is 12.1 Å². The second kappa shape index (κ2) is 10.2. The average molecular weight is 424 g/mol. The summed E-state index contributed by atoms with van der Waals surface area (Å²) in [6, 6.07) is 9.51. The maximum absolute atomic E-state index is 13.2. The molecule has 0 fully saturated rings. The summed E-state index contributed by atoms with van der Waals surface area (Å²) in [5, 5.41) is 3.87. The molecule has 0 heterocycles. The third kappa shape index (κ3) is 5.58. The first-order valence-corrected chi connectivity index (χ1v) is 8.98. The van der Waals surface area contributed by atoms with Gasteiger partial charge in [0.1, 0.15) is 6.61 Å². The van der Waals surface area contributed by atoms with Crippen molar-refractivity contribution >= 4 is 11.7 Å².